The summed E-state index contributed by atoms with van der Waals surface area (Å²) < 4.78 is 1.49. The third-order valence-corrected chi connectivity index (χ3v) is 3.28. The fourth-order valence-electron chi connectivity index (χ4n) is 2.03. The zero-order chi connectivity index (χ0) is 14.5. The van der Waals surface area contributed by atoms with Crippen molar-refractivity contribution in [3.63, 3.8) is 0 Å². The van der Waals surface area contributed by atoms with Gasteiger partial charge < -0.3 is 10.2 Å². The molecule has 1 heterocycles. The molecule has 0 radical (unpaired) electrons. The molecule has 0 aliphatic heterocycles. The van der Waals surface area contributed by atoms with Gasteiger partial charge in [-0.1, -0.05) is 30.3 Å². The lowest BCUT2D eigenvalue weighted by atomic mass is 10.1. The average Bonchev–Trinajstić information content (AvgIpc) is 2.46. The molecule has 0 fully saturated rings. The first kappa shape index (κ1) is 14.3. The Kier molecular flexibility index (Phi) is 4.53. The second-order valence-electron chi connectivity index (χ2n) is 4.88. The SMILES string of the molecule is CNC(Cn1ncc(N(C)C)cc1=O)c1ccccc1. The van der Waals surface area contributed by atoms with Gasteiger partial charge in [0.1, 0.15) is 0 Å². The fraction of sp³-hybridized carbons (Fsp3) is 0.333. The molecule has 0 amide bonds. The van der Waals surface area contributed by atoms with E-state index in [0.29, 0.717) is 6.54 Å². The predicted molar refractivity (Wildman–Crippen MR) is 81.1 cm³/mol. The minimum atomic E-state index is -0.0904. The standard InChI is InChI=1S/C15H20N4O/c1-16-14(12-7-5-4-6-8-12)11-19-15(20)9-13(10-17-19)18(2)3/h4-10,14,16H,11H2,1-3H3. The first-order valence-electron chi connectivity index (χ1n) is 6.58. The molecule has 0 aliphatic rings. The van der Waals surface area contributed by atoms with Crippen molar-refractivity contribution >= 4 is 5.69 Å². The molecular formula is C15H20N4O. The number of aromatic nitrogens is 2. The number of nitrogens with zero attached hydrogens (tertiary/aromatic N) is 3. The molecule has 0 saturated carbocycles. The molecular weight excluding hydrogens is 252 g/mol. The van der Waals surface area contributed by atoms with E-state index in [0.717, 1.165) is 11.3 Å². The van der Waals surface area contributed by atoms with Crippen LogP contribution >= 0.6 is 0 Å². The number of nitrogens with one attached hydrogen (secondary N) is 1. The second-order valence-corrected chi connectivity index (χ2v) is 4.88. The number of benzene rings is 1. The molecule has 1 aromatic heterocycles. The van der Waals surface area contributed by atoms with E-state index >= 15 is 0 Å². The van der Waals surface area contributed by atoms with Gasteiger partial charge in [0.15, 0.2) is 0 Å². The molecule has 0 bridgehead atoms. The first-order chi connectivity index (χ1) is 9.61. The van der Waals surface area contributed by atoms with Gasteiger partial charge in [0.25, 0.3) is 5.56 Å². The largest absolute Gasteiger partial charge is 0.376 e. The molecule has 0 saturated heterocycles. The highest BCUT2D eigenvalue weighted by Crippen LogP contribution is 2.13. The Bertz CT molecular complexity index is 607. The van der Waals surface area contributed by atoms with Crippen molar-refractivity contribution < 1.29 is 0 Å². The number of rotatable bonds is 5. The highest BCUT2D eigenvalue weighted by Gasteiger charge is 2.11. The topological polar surface area (TPSA) is 50.2 Å². The molecule has 2 rings (SSSR count). The van der Waals surface area contributed by atoms with Gasteiger partial charge in [-0.3, -0.25) is 4.79 Å². The number of likely N-dealkylation sites (N-methyl/N-ethyl adjacent to an activating group) is 1. The van der Waals surface area contributed by atoms with E-state index in [4.69, 9.17) is 0 Å². The second kappa shape index (κ2) is 6.34. The van der Waals surface area contributed by atoms with E-state index in [-0.39, 0.29) is 11.6 Å². The van der Waals surface area contributed by atoms with E-state index < -0.39 is 0 Å². The summed E-state index contributed by atoms with van der Waals surface area (Å²) >= 11 is 0. The van der Waals surface area contributed by atoms with Crippen LogP contribution in [-0.2, 0) is 6.54 Å². The van der Waals surface area contributed by atoms with Crippen LogP contribution in [0.4, 0.5) is 5.69 Å². The first-order valence-corrected chi connectivity index (χ1v) is 6.58. The predicted octanol–water partition coefficient (Wildman–Crippen LogP) is 1.27. The zero-order valence-corrected chi connectivity index (χ0v) is 12.1. The lowest BCUT2D eigenvalue weighted by molar-refractivity contribution is 0.452. The summed E-state index contributed by atoms with van der Waals surface area (Å²) in [5, 5.41) is 7.46. The van der Waals surface area contributed by atoms with E-state index in [1.165, 1.54) is 4.68 Å². The Morgan fingerprint density at radius 3 is 2.55 bits per heavy atom. The Balaban J connectivity index is 2.22. The molecule has 0 spiro atoms. The van der Waals surface area contributed by atoms with Crippen LogP contribution in [0.1, 0.15) is 11.6 Å². The van der Waals surface area contributed by atoms with Crippen LogP contribution in [0, 0.1) is 0 Å². The van der Waals surface area contributed by atoms with Gasteiger partial charge in [-0.15, -0.1) is 0 Å². The zero-order valence-electron chi connectivity index (χ0n) is 12.1. The Morgan fingerprint density at radius 1 is 1.30 bits per heavy atom. The van der Waals surface area contributed by atoms with Crippen LogP contribution in [0.3, 0.4) is 0 Å². The van der Waals surface area contributed by atoms with Gasteiger partial charge in [0.2, 0.25) is 0 Å². The van der Waals surface area contributed by atoms with Crippen LogP contribution in [-0.4, -0.2) is 30.9 Å². The highest BCUT2D eigenvalue weighted by atomic mass is 16.1. The van der Waals surface area contributed by atoms with Gasteiger partial charge in [-0.2, -0.15) is 5.10 Å². The summed E-state index contributed by atoms with van der Waals surface area (Å²) in [4.78, 5) is 13.9. The Labute approximate surface area is 118 Å². The average molecular weight is 272 g/mol. The van der Waals surface area contributed by atoms with Crippen molar-refractivity contribution in [3.8, 4) is 0 Å². The lowest BCUT2D eigenvalue weighted by Gasteiger charge is -2.18. The van der Waals surface area contributed by atoms with Gasteiger partial charge in [0, 0.05) is 20.2 Å². The van der Waals surface area contributed by atoms with Crippen LogP contribution in [0.2, 0.25) is 0 Å². The van der Waals surface area contributed by atoms with E-state index in [2.05, 4.69) is 10.4 Å². The third kappa shape index (κ3) is 3.24. The summed E-state index contributed by atoms with van der Waals surface area (Å²) in [6.07, 6.45) is 1.71. The van der Waals surface area contributed by atoms with Crippen LogP contribution < -0.4 is 15.8 Å². The molecule has 2 aromatic rings. The molecule has 20 heavy (non-hydrogen) atoms. The van der Waals surface area contributed by atoms with Crippen molar-refractivity contribution in [1.29, 1.82) is 0 Å². The van der Waals surface area contributed by atoms with Gasteiger partial charge in [0.05, 0.1) is 24.5 Å². The van der Waals surface area contributed by atoms with Crippen molar-refractivity contribution in [1.82, 2.24) is 15.1 Å². The molecule has 0 aliphatic carbocycles. The lowest BCUT2D eigenvalue weighted by Crippen LogP contribution is -2.30. The minimum absolute atomic E-state index is 0.0617. The van der Waals surface area contributed by atoms with E-state index in [1.54, 1.807) is 12.3 Å². The van der Waals surface area contributed by atoms with Crippen molar-refractivity contribution in [2.24, 2.45) is 0 Å². The molecule has 5 heteroatoms. The monoisotopic (exact) mass is 272 g/mol. The van der Waals surface area contributed by atoms with Crippen molar-refractivity contribution in [2.45, 2.75) is 12.6 Å². The third-order valence-electron chi connectivity index (χ3n) is 3.28. The van der Waals surface area contributed by atoms with Crippen molar-refractivity contribution in [2.75, 3.05) is 26.0 Å². The van der Waals surface area contributed by atoms with Crippen LogP contribution in [0.25, 0.3) is 0 Å². The maximum absolute atomic E-state index is 12.1. The maximum atomic E-state index is 12.1. The smallest absolute Gasteiger partial charge is 0.268 e. The molecule has 1 atom stereocenters. The van der Waals surface area contributed by atoms with Crippen molar-refractivity contribution in [3.05, 3.63) is 58.5 Å². The summed E-state index contributed by atoms with van der Waals surface area (Å²) in [6, 6.07) is 11.7. The Hall–Kier alpha value is -2.14. The van der Waals surface area contributed by atoms with Gasteiger partial charge in [-0.05, 0) is 12.6 Å². The van der Waals surface area contributed by atoms with Crippen LogP contribution in [0.15, 0.2) is 47.4 Å². The molecule has 106 valence electrons. The molecule has 5 nitrogen and oxygen atoms in total. The quantitative estimate of drug-likeness (QED) is 0.890. The molecule has 1 aromatic carbocycles. The van der Waals surface area contributed by atoms with Gasteiger partial charge in [-0.25, -0.2) is 4.68 Å². The van der Waals surface area contributed by atoms with Crippen LogP contribution in [0.5, 0.6) is 0 Å². The van der Waals surface area contributed by atoms with Gasteiger partial charge >= 0.3 is 0 Å². The number of anilines is 1. The molecule has 1 N–H and O–H groups in total. The highest BCUT2D eigenvalue weighted by molar-refractivity contribution is 5.40. The minimum Gasteiger partial charge on any atom is -0.376 e. The van der Waals surface area contributed by atoms with E-state index in [1.807, 2.05) is 56.4 Å². The summed E-state index contributed by atoms with van der Waals surface area (Å²) in [5.74, 6) is 0. The fourth-order valence-corrected chi connectivity index (χ4v) is 2.03. The normalized spacial score (nSPS) is 12.2. The summed E-state index contributed by atoms with van der Waals surface area (Å²) in [6.45, 7) is 0.507. The molecule has 1 unspecified atom stereocenters. The maximum Gasteiger partial charge on any atom is 0.268 e. The van der Waals surface area contributed by atoms with E-state index in [9.17, 15) is 4.79 Å². The summed E-state index contributed by atoms with van der Waals surface area (Å²) in [5.41, 5.74) is 1.86. The summed E-state index contributed by atoms with van der Waals surface area (Å²) in [7, 11) is 5.67. The Morgan fingerprint density at radius 2 is 2.00 bits per heavy atom. The number of hydrogen-bond donors (Lipinski definition) is 1. The number of hydrogen-bond acceptors (Lipinski definition) is 4.